The second-order valence-electron chi connectivity index (χ2n) is 4.02. The Labute approximate surface area is 95.2 Å². The third kappa shape index (κ3) is 2.02. The van der Waals surface area contributed by atoms with E-state index < -0.39 is 24.0 Å². The van der Waals surface area contributed by atoms with Crippen LogP contribution in [0, 0.1) is 0 Å². The first-order chi connectivity index (χ1) is 7.80. The van der Waals surface area contributed by atoms with Crippen LogP contribution in [0.15, 0.2) is 16.5 Å². The van der Waals surface area contributed by atoms with Crippen molar-refractivity contribution in [1.82, 2.24) is 4.90 Å². The number of furan rings is 1. The van der Waals surface area contributed by atoms with E-state index in [-0.39, 0.29) is 18.1 Å². The summed E-state index contributed by atoms with van der Waals surface area (Å²) in [7, 11) is 1.50. The van der Waals surface area contributed by atoms with Gasteiger partial charge in [0.15, 0.2) is 0 Å². The van der Waals surface area contributed by atoms with Crippen LogP contribution in [-0.2, 0) is 11.0 Å². The lowest BCUT2D eigenvalue weighted by Crippen LogP contribution is -2.29. The van der Waals surface area contributed by atoms with Crippen LogP contribution < -0.4 is 5.73 Å². The Kier molecular flexibility index (Phi) is 2.65. The van der Waals surface area contributed by atoms with Crippen molar-refractivity contribution in [3.8, 4) is 0 Å². The van der Waals surface area contributed by atoms with Crippen molar-refractivity contribution >= 4 is 5.91 Å². The summed E-state index contributed by atoms with van der Waals surface area (Å²) in [6.45, 7) is 0. The van der Waals surface area contributed by atoms with Crippen molar-refractivity contribution in [2.75, 3.05) is 7.05 Å². The first-order valence-electron chi connectivity index (χ1n) is 4.99. The molecule has 0 aliphatic carbocycles. The van der Waals surface area contributed by atoms with Crippen LogP contribution in [0.3, 0.4) is 0 Å². The lowest BCUT2D eigenvalue weighted by Gasteiger charge is -2.20. The third-order valence-electron chi connectivity index (χ3n) is 2.82. The van der Waals surface area contributed by atoms with Crippen molar-refractivity contribution in [2.24, 2.45) is 5.73 Å². The molecular weight excluding hydrogens is 237 g/mol. The van der Waals surface area contributed by atoms with Gasteiger partial charge in [-0.15, -0.1) is 0 Å². The Hall–Kier alpha value is -1.50. The number of amides is 1. The first-order valence-corrected chi connectivity index (χ1v) is 4.99. The molecule has 1 aliphatic rings. The van der Waals surface area contributed by atoms with Crippen LogP contribution >= 0.6 is 0 Å². The number of alkyl halides is 3. The van der Waals surface area contributed by atoms with Gasteiger partial charge < -0.3 is 15.1 Å². The molecule has 94 valence electrons. The summed E-state index contributed by atoms with van der Waals surface area (Å²) in [5.41, 5.74) is 5.71. The van der Waals surface area contributed by atoms with E-state index in [4.69, 9.17) is 10.2 Å². The number of rotatable bonds is 1. The van der Waals surface area contributed by atoms with Crippen LogP contribution in [0.5, 0.6) is 0 Å². The van der Waals surface area contributed by atoms with Gasteiger partial charge in [-0.25, -0.2) is 0 Å². The number of likely N-dealkylation sites (N-methyl/N-ethyl adjacent to an activating group) is 1. The zero-order chi connectivity index (χ0) is 12.8. The van der Waals surface area contributed by atoms with Crippen molar-refractivity contribution in [3.05, 3.63) is 23.7 Å². The summed E-state index contributed by atoms with van der Waals surface area (Å²) in [6.07, 6.45) is -4.41. The van der Waals surface area contributed by atoms with Gasteiger partial charge in [-0.05, 0) is 12.1 Å². The summed E-state index contributed by atoms with van der Waals surface area (Å²) in [5.74, 6) is -1.21. The molecule has 1 saturated heterocycles. The smallest absolute Gasteiger partial charge is 0.449 e. The Bertz CT molecular complexity index is 441. The summed E-state index contributed by atoms with van der Waals surface area (Å²) >= 11 is 0. The molecule has 0 bridgehead atoms. The van der Waals surface area contributed by atoms with E-state index >= 15 is 0 Å². The van der Waals surface area contributed by atoms with Gasteiger partial charge >= 0.3 is 6.18 Å². The molecule has 0 spiro atoms. The Morgan fingerprint density at radius 1 is 1.47 bits per heavy atom. The molecule has 1 aromatic rings. The van der Waals surface area contributed by atoms with Gasteiger partial charge in [-0.3, -0.25) is 4.79 Å². The van der Waals surface area contributed by atoms with E-state index in [0.29, 0.717) is 0 Å². The van der Waals surface area contributed by atoms with E-state index in [1.165, 1.54) is 18.0 Å². The van der Waals surface area contributed by atoms with Crippen LogP contribution in [0.1, 0.15) is 24.0 Å². The van der Waals surface area contributed by atoms with Crippen molar-refractivity contribution in [3.63, 3.8) is 0 Å². The minimum Gasteiger partial charge on any atom is -0.454 e. The number of nitrogens with two attached hydrogens (primary N) is 1. The van der Waals surface area contributed by atoms with Crippen molar-refractivity contribution in [1.29, 1.82) is 0 Å². The van der Waals surface area contributed by atoms with Gasteiger partial charge in [0.2, 0.25) is 11.7 Å². The highest BCUT2D eigenvalue weighted by molar-refractivity contribution is 5.79. The molecule has 1 aromatic heterocycles. The monoisotopic (exact) mass is 248 g/mol. The second kappa shape index (κ2) is 3.76. The van der Waals surface area contributed by atoms with Gasteiger partial charge in [-0.1, -0.05) is 0 Å². The molecule has 1 aliphatic heterocycles. The molecular formula is C10H11F3N2O2. The van der Waals surface area contributed by atoms with Crippen molar-refractivity contribution < 1.29 is 22.4 Å². The molecule has 2 unspecified atom stereocenters. The fourth-order valence-corrected chi connectivity index (χ4v) is 1.97. The maximum atomic E-state index is 12.4. The number of hydrogen-bond acceptors (Lipinski definition) is 3. The molecule has 7 heteroatoms. The Morgan fingerprint density at radius 3 is 2.53 bits per heavy atom. The molecule has 2 rings (SSSR count). The molecule has 0 saturated carbocycles. The fourth-order valence-electron chi connectivity index (χ4n) is 1.97. The van der Waals surface area contributed by atoms with E-state index in [0.717, 1.165) is 6.07 Å². The molecule has 1 fully saturated rings. The zero-order valence-electron chi connectivity index (χ0n) is 8.99. The molecule has 17 heavy (non-hydrogen) atoms. The number of carbonyl (C=O) groups excluding carboxylic acids is 1. The van der Waals surface area contributed by atoms with Gasteiger partial charge in [0, 0.05) is 19.5 Å². The van der Waals surface area contributed by atoms with Gasteiger partial charge in [0.1, 0.15) is 11.8 Å². The highest BCUT2D eigenvalue weighted by Crippen LogP contribution is 2.36. The predicted molar refractivity (Wildman–Crippen MR) is 51.8 cm³/mol. The van der Waals surface area contributed by atoms with E-state index in [9.17, 15) is 18.0 Å². The lowest BCUT2D eigenvalue weighted by atomic mass is 10.1. The summed E-state index contributed by atoms with van der Waals surface area (Å²) in [5, 5.41) is 0. The SMILES string of the molecule is CN1C(=O)CC(N)C1c1ccc(C(F)(F)F)o1. The average Bonchev–Trinajstić information content (AvgIpc) is 2.73. The summed E-state index contributed by atoms with van der Waals surface area (Å²) < 4.78 is 41.8. The number of hydrogen-bond donors (Lipinski definition) is 1. The van der Waals surface area contributed by atoms with Gasteiger partial charge in [0.05, 0.1) is 0 Å². The first kappa shape index (κ1) is 12.0. The summed E-state index contributed by atoms with van der Waals surface area (Å²) in [6, 6.07) is 0.888. The van der Waals surface area contributed by atoms with Crippen molar-refractivity contribution in [2.45, 2.75) is 24.7 Å². The third-order valence-corrected chi connectivity index (χ3v) is 2.82. The Balaban J connectivity index is 2.29. The van der Waals surface area contributed by atoms with E-state index in [1.54, 1.807) is 0 Å². The van der Waals surface area contributed by atoms with Crippen LogP contribution in [0.2, 0.25) is 0 Å². The second-order valence-corrected chi connectivity index (χ2v) is 4.02. The number of likely N-dealkylation sites (tertiary alicyclic amines) is 1. The number of nitrogens with zero attached hydrogens (tertiary/aromatic N) is 1. The largest absolute Gasteiger partial charge is 0.454 e. The molecule has 0 aromatic carbocycles. The van der Waals surface area contributed by atoms with Gasteiger partial charge in [-0.2, -0.15) is 13.2 Å². The topological polar surface area (TPSA) is 59.5 Å². The standard InChI is InChI=1S/C10H11F3N2O2/c1-15-8(16)4-5(14)9(15)6-2-3-7(17-6)10(11,12)13/h2-3,5,9H,4,14H2,1H3. The van der Waals surface area contributed by atoms with Crippen LogP contribution in [0.4, 0.5) is 13.2 Å². The predicted octanol–water partition coefficient (Wildman–Crippen LogP) is 1.53. The van der Waals surface area contributed by atoms with Gasteiger partial charge in [0.25, 0.3) is 0 Å². The maximum Gasteiger partial charge on any atom is 0.449 e. The normalized spacial score (nSPS) is 25.7. The van der Waals surface area contributed by atoms with Crippen LogP contribution in [-0.4, -0.2) is 23.9 Å². The minimum atomic E-state index is -4.52. The Morgan fingerprint density at radius 2 is 2.12 bits per heavy atom. The van der Waals surface area contributed by atoms with Crippen LogP contribution in [0.25, 0.3) is 0 Å². The lowest BCUT2D eigenvalue weighted by molar-refractivity contribution is -0.153. The molecule has 2 N–H and O–H groups in total. The fraction of sp³-hybridized carbons (Fsp3) is 0.500. The minimum absolute atomic E-state index is 0.0678. The molecule has 0 radical (unpaired) electrons. The number of halogens is 3. The quantitative estimate of drug-likeness (QED) is 0.819. The molecule has 4 nitrogen and oxygen atoms in total. The molecule has 2 heterocycles. The maximum absolute atomic E-state index is 12.4. The average molecular weight is 248 g/mol. The van der Waals surface area contributed by atoms with E-state index in [2.05, 4.69) is 0 Å². The summed E-state index contributed by atoms with van der Waals surface area (Å²) in [4.78, 5) is 12.7. The highest BCUT2D eigenvalue weighted by Gasteiger charge is 2.41. The highest BCUT2D eigenvalue weighted by atomic mass is 19.4. The molecule has 2 atom stereocenters. The number of carbonyl (C=O) groups is 1. The van der Waals surface area contributed by atoms with E-state index in [1.807, 2.05) is 0 Å². The molecule has 1 amide bonds. The zero-order valence-corrected chi connectivity index (χ0v) is 8.99.